The van der Waals surface area contributed by atoms with Crippen LogP contribution in [0.4, 0.5) is 0 Å². The van der Waals surface area contributed by atoms with Crippen LogP contribution in [0.2, 0.25) is 0 Å². The van der Waals surface area contributed by atoms with Crippen LogP contribution in [0, 0.1) is 0 Å². The Balaban J connectivity index is 0. The molecule has 0 heterocycles. The second-order valence-corrected chi connectivity index (χ2v) is 10.3. The Hall–Kier alpha value is 1.38. The number of rotatable bonds is 18. The summed E-state index contributed by atoms with van der Waals surface area (Å²) in [5, 5.41) is 0. The molecule has 2 aromatic carbocycles. The van der Waals surface area contributed by atoms with E-state index in [4.69, 9.17) is 22.3 Å². The Morgan fingerprint density at radius 3 is 1.18 bits per heavy atom. The molecule has 0 aliphatic heterocycles. The van der Waals surface area contributed by atoms with Crippen molar-refractivity contribution >= 4 is 10.4 Å². The number of hydrogen-bond donors (Lipinski definition) is 0. The Kier molecular flexibility index (Phi) is 29.8. The third kappa shape index (κ3) is 24.0. The van der Waals surface area contributed by atoms with Gasteiger partial charge in [-0.15, -0.1) is 0 Å². The van der Waals surface area contributed by atoms with E-state index in [9.17, 15) is 0 Å². The quantitative estimate of drug-likeness (QED) is 0.114. The van der Waals surface area contributed by atoms with Crippen LogP contribution in [-0.2, 0) is 23.2 Å². The molecule has 204 valence electrons. The summed E-state index contributed by atoms with van der Waals surface area (Å²) in [6.07, 6.45) is 21.1. The molecule has 0 aromatic heterocycles. The van der Waals surface area contributed by atoms with Crippen LogP contribution in [0.25, 0.3) is 0 Å². The molecule has 0 saturated heterocycles. The molecule has 0 unspecified atom stereocenters. The van der Waals surface area contributed by atoms with E-state index in [2.05, 4.69) is 62.4 Å². The second-order valence-electron chi connectivity index (χ2n) is 9.47. The molecule has 0 radical (unpaired) electrons. The van der Waals surface area contributed by atoms with E-state index in [1.807, 2.05) is 0 Å². The zero-order valence-corrected chi connectivity index (χ0v) is 31.4. The number of para-hydroxylation sites is 2. The smallest absolute Gasteiger partial charge is 0.759 e. The molecule has 0 spiro atoms. The van der Waals surface area contributed by atoms with Gasteiger partial charge in [0.15, 0.2) is 0 Å². The van der Waals surface area contributed by atoms with Gasteiger partial charge < -0.3 is 13.8 Å². The van der Waals surface area contributed by atoms with Gasteiger partial charge in [0.05, 0.1) is 0 Å². The van der Waals surface area contributed by atoms with E-state index < -0.39 is 10.4 Å². The summed E-state index contributed by atoms with van der Waals surface area (Å²) in [5.41, 5.74) is 2.70. The van der Waals surface area contributed by atoms with Crippen molar-refractivity contribution in [3.05, 3.63) is 59.7 Å². The molecule has 0 saturated carbocycles. The molecule has 0 aliphatic rings. The number of benzene rings is 2. The van der Waals surface area contributed by atoms with E-state index >= 15 is 0 Å². The molecule has 8 heteroatoms. The van der Waals surface area contributed by atoms with Gasteiger partial charge in [-0.2, -0.15) is 0 Å². The van der Waals surface area contributed by atoms with Crippen molar-refractivity contribution in [1.82, 2.24) is 0 Å². The predicted octanol–water partition coefficient (Wildman–Crippen LogP) is 2.74. The zero-order chi connectivity index (χ0) is 26.5. The minimum absolute atomic E-state index is 0. The van der Waals surface area contributed by atoms with Gasteiger partial charge in [-0.3, -0.25) is 8.42 Å². The summed E-state index contributed by atoms with van der Waals surface area (Å²) in [4.78, 5) is 0. The Morgan fingerprint density at radius 1 is 0.553 bits per heavy atom. The maximum Gasteiger partial charge on any atom is 1.00 e. The summed E-state index contributed by atoms with van der Waals surface area (Å²) in [7, 11) is -5.17. The first-order valence-electron chi connectivity index (χ1n) is 13.9. The average Bonchev–Trinajstić information content (AvgIpc) is 2.84. The van der Waals surface area contributed by atoms with Crippen molar-refractivity contribution < 1.29 is 125 Å². The molecule has 0 fully saturated rings. The van der Waals surface area contributed by atoms with Crippen molar-refractivity contribution in [3.63, 3.8) is 0 Å². The molecular weight excluding hydrogens is 551 g/mol. The fourth-order valence-corrected chi connectivity index (χ4v) is 4.28. The van der Waals surface area contributed by atoms with Crippen LogP contribution in [0.15, 0.2) is 48.5 Å². The first-order chi connectivity index (χ1) is 17.3. The molecule has 0 aliphatic carbocycles. The Morgan fingerprint density at radius 2 is 0.842 bits per heavy atom. The van der Waals surface area contributed by atoms with Crippen molar-refractivity contribution in [2.75, 3.05) is 0 Å². The van der Waals surface area contributed by atoms with Crippen LogP contribution in [-0.4, -0.2) is 17.5 Å². The van der Waals surface area contributed by atoms with E-state index in [-0.39, 0.29) is 103 Å². The van der Waals surface area contributed by atoms with Crippen LogP contribution >= 0.6 is 0 Å². The van der Waals surface area contributed by atoms with Gasteiger partial charge in [0.25, 0.3) is 0 Å². The Bertz CT molecular complexity index is 855. The van der Waals surface area contributed by atoms with Gasteiger partial charge in [0.2, 0.25) is 0 Å². The third-order valence-corrected chi connectivity index (χ3v) is 6.26. The largest absolute Gasteiger partial charge is 1.00 e. The molecule has 0 N–H and O–H groups in total. The maximum atomic E-state index is 8.52. The van der Waals surface area contributed by atoms with Crippen LogP contribution in [0.5, 0.6) is 11.5 Å². The number of hydrogen-bond acceptors (Lipinski definition) is 5. The summed E-state index contributed by atoms with van der Waals surface area (Å²) in [6.45, 7) is 4.56. The van der Waals surface area contributed by atoms with Crippen molar-refractivity contribution in [2.24, 2.45) is 0 Å². The molecular formula is C30H46K2O5S. The van der Waals surface area contributed by atoms with E-state index in [1.165, 1.54) is 101 Å². The van der Waals surface area contributed by atoms with E-state index in [0.29, 0.717) is 0 Å². The molecule has 38 heavy (non-hydrogen) atoms. The van der Waals surface area contributed by atoms with Crippen LogP contribution in [0.3, 0.4) is 0 Å². The SMILES string of the molecule is CCCCCCCCCc1ccccc1Oc1ccccc1CCCCCCCCC.O=S(=O)([O-])[O-].[K+].[K+]. The van der Waals surface area contributed by atoms with Crippen molar-refractivity contribution in [1.29, 1.82) is 0 Å². The standard InChI is InChI=1S/C30H46O.2K.H2O4S/c1-3-5-7-9-11-13-15-21-27-23-17-19-25-29(27)31-30-26-20-18-24-28(30)22-16-14-12-10-8-6-4-2;;;1-5(2,3)4/h17-20,23-26H,3-16,21-22H2,1-2H3;;;(H2,1,2,3,4)/q;2*+1;/p-2. The fourth-order valence-electron chi connectivity index (χ4n) is 4.28. The predicted molar refractivity (Wildman–Crippen MR) is 147 cm³/mol. The average molecular weight is 597 g/mol. The van der Waals surface area contributed by atoms with Gasteiger partial charge in [-0.25, -0.2) is 0 Å². The number of aryl methyl sites for hydroxylation is 2. The monoisotopic (exact) mass is 596 g/mol. The Labute approximate surface area is 318 Å². The molecule has 0 amide bonds. The molecule has 2 rings (SSSR count). The van der Waals surface area contributed by atoms with Gasteiger partial charge in [-0.05, 0) is 48.9 Å². The minimum atomic E-state index is -5.17. The van der Waals surface area contributed by atoms with Crippen LogP contribution in [0.1, 0.15) is 115 Å². The number of unbranched alkanes of at least 4 members (excludes halogenated alkanes) is 12. The van der Waals surface area contributed by atoms with Crippen molar-refractivity contribution in [3.8, 4) is 11.5 Å². The van der Waals surface area contributed by atoms with Gasteiger partial charge in [-0.1, -0.05) is 127 Å². The zero-order valence-electron chi connectivity index (χ0n) is 24.4. The topological polar surface area (TPSA) is 89.5 Å². The second kappa shape index (κ2) is 27.2. The minimum Gasteiger partial charge on any atom is -0.759 e. The fraction of sp³-hybridized carbons (Fsp3) is 0.600. The molecule has 5 nitrogen and oxygen atoms in total. The molecule has 0 bridgehead atoms. The van der Waals surface area contributed by atoms with E-state index in [1.54, 1.807) is 0 Å². The summed E-state index contributed by atoms with van der Waals surface area (Å²) >= 11 is 0. The maximum absolute atomic E-state index is 8.52. The van der Waals surface area contributed by atoms with Gasteiger partial charge in [0.1, 0.15) is 11.5 Å². The van der Waals surface area contributed by atoms with Crippen molar-refractivity contribution in [2.45, 2.75) is 117 Å². The third-order valence-electron chi connectivity index (χ3n) is 6.26. The summed E-state index contributed by atoms with van der Waals surface area (Å²) < 4.78 is 40.5. The first kappa shape index (κ1) is 41.5. The van der Waals surface area contributed by atoms with E-state index in [0.717, 1.165) is 24.3 Å². The first-order valence-corrected chi connectivity index (χ1v) is 15.2. The molecule has 0 atom stereocenters. The normalized spacial score (nSPS) is 10.5. The van der Waals surface area contributed by atoms with Crippen LogP contribution < -0.4 is 108 Å². The summed E-state index contributed by atoms with van der Waals surface area (Å²) in [5.74, 6) is 2.08. The summed E-state index contributed by atoms with van der Waals surface area (Å²) in [6, 6.07) is 17.3. The van der Waals surface area contributed by atoms with Gasteiger partial charge >= 0.3 is 103 Å². The van der Waals surface area contributed by atoms with Gasteiger partial charge in [0, 0.05) is 10.4 Å². The number of ether oxygens (including phenoxy) is 1. The molecule has 2 aromatic rings.